The summed E-state index contributed by atoms with van der Waals surface area (Å²) in [6.45, 7) is 6.76. The quantitative estimate of drug-likeness (QED) is 0.389. The van der Waals surface area contributed by atoms with Crippen LogP contribution in [0.1, 0.15) is 55.1 Å². The number of H-pyrrole nitrogens is 1. The highest BCUT2D eigenvalue weighted by molar-refractivity contribution is 6.23. The molecule has 2 N–H and O–H groups in total. The zero-order valence-corrected chi connectivity index (χ0v) is 23.0. The third-order valence-electron chi connectivity index (χ3n) is 9.97. The van der Waals surface area contributed by atoms with E-state index >= 15 is 0 Å². The minimum Gasteiger partial charge on any atom is -0.382 e. The lowest BCUT2D eigenvalue weighted by Crippen LogP contribution is -2.71. The second-order valence-electron chi connectivity index (χ2n) is 11.8. The fourth-order valence-corrected chi connectivity index (χ4v) is 8.13. The number of aromatic amines is 1. The van der Waals surface area contributed by atoms with Gasteiger partial charge in [-0.3, -0.25) is 0 Å². The third kappa shape index (κ3) is 2.20. The van der Waals surface area contributed by atoms with Gasteiger partial charge in [0, 0.05) is 52.9 Å². The van der Waals surface area contributed by atoms with E-state index in [0.29, 0.717) is 0 Å². The maximum absolute atomic E-state index is 10.9. The number of rotatable bonds is 3. The van der Waals surface area contributed by atoms with Gasteiger partial charge in [0.1, 0.15) is 6.10 Å². The Balaban J connectivity index is 1.33. The molecule has 0 amide bonds. The number of allylic oxidation sites excluding steroid dienone is 6. The van der Waals surface area contributed by atoms with Gasteiger partial charge in [0.25, 0.3) is 0 Å². The summed E-state index contributed by atoms with van der Waals surface area (Å²) >= 11 is 0. The molecule has 0 fully saturated rings. The van der Waals surface area contributed by atoms with Crippen molar-refractivity contribution >= 4 is 28.1 Å². The van der Waals surface area contributed by atoms with Crippen LogP contribution in [0.3, 0.4) is 0 Å². The van der Waals surface area contributed by atoms with Crippen LogP contribution >= 0.6 is 0 Å². The number of hydrogen-bond acceptors (Lipinski definition) is 1. The molecular formula is C35H27N5O+2. The molecule has 9 heterocycles. The van der Waals surface area contributed by atoms with Crippen LogP contribution in [0.2, 0.25) is 0 Å². The molecule has 2 unspecified atom stereocenters. The Morgan fingerprint density at radius 3 is 2.12 bits per heavy atom. The van der Waals surface area contributed by atoms with Crippen molar-refractivity contribution in [2.24, 2.45) is 0 Å². The zero-order valence-electron chi connectivity index (χ0n) is 23.0. The van der Waals surface area contributed by atoms with E-state index < -0.39 is 12.0 Å². The van der Waals surface area contributed by atoms with E-state index in [-0.39, 0.29) is 0 Å². The maximum Gasteiger partial charge on any atom is 0.553 e. The largest absolute Gasteiger partial charge is 0.553 e. The summed E-state index contributed by atoms with van der Waals surface area (Å²) in [4.78, 5) is 3.14. The average Bonchev–Trinajstić information content (AvgIpc) is 3.82. The molecule has 6 heteroatoms. The molecule has 1 spiro atoms. The summed E-state index contributed by atoms with van der Waals surface area (Å²) < 4.78 is 10.3. The molecule has 1 aromatic carbocycles. The first kappa shape index (κ1) is 21.8. The van der Waals surface area contributed by atoms with Crippen molar-refractivity contribution in [2.75, 3.05) is 0 Å². The molecular weight excluding hydrogens is 506 g/mol. The van der Waals surface area contributed by atoms with E-state index in [1.54, 1.807) is 0 Å². The van der Waals surface area contributed by atoms with Gasteiger partial charge in [-0.1, -0.05) is 33.4 Å². The fraction of sp³-hybridized carbons (Fsp3) is 0.143. The van der Waals surface area contributed by atoms with Crippen LogP contribution in [0.4, 0.5) is 0 Å². The Kier molecular flexibility index (Phi) is 3.65. The van der Waals surface area contributed by atoms with Gasteiger partial charge in [-0.2, -0.15) is 9.13 Å². The number of aliphatic hydroxyl groups excluding tert-OH is 1. The lowest BCUT2D eigenvalue weighted by Gasteiger charge is -2.40. The van der Waals surface area contributed by atoms with E-state index in [1.165, 1.54) is 67.2 Å². The second kappa shape index (κ2) is 6.85. The Bertz CT molecular complexity index is 2270. The van der Waals surface area contributed by atoms with Crippen molar-refractivity contribution in [2.45, 2.75) is 32.8 Å². The topological polar surface area (TPSA) is 51.9 Å². The highest BCUT2D eigenvalue weighted by atomic mass is 16.3. The van der Waals surface area contributed by atoms with Gasteiger partial charge in [0.2, 0.25) is 22.8 Å². The Labute approximate surface area is 236 Å². The van der Waals surface area contributed by atoms with Crippen molar-refractivity contribution in [1.82, 2.24) is 14.1 Å². The van der Waals surface area contributed by atoms with Gasteiger partial charge in [0.05, 0.1) is 27.7 Å². The van der Waals surface area contributed by atoms with Gasteiger partial charge in [-0.15, -0.1) is 0 Å². The molecule has 0 aliphatic carbocycles. The summed E-state index contributed by atoms with van der Waals surface area (Å²) in [5, 5.41) is 13.4. The fourth-order valence-electron chi connectivity index (χ4n) is 8.13. The summed E-state index contributed by atoms with van der Waals surface area (Å²) in [6, 6.07) is 21.4. The predicted molar refractivity (Wildman–Crippen MR) is 158 cm³/mol. The van der Waals surface area contributed by atoms with Crippen molar-refractivity contribution in [1.29, 1.82) is 0 Å². The summed E-state index contributed by atoms with van der Waals surface area (Å²) in [6.07, 6.45) is 10.4. The highest BCUT2D eigenvalue weighted by Crippen LogP contribution is 2.49. The minimum atomic E-state index is -0.687. The maximum atomic E-state index is 10.9. The minimum absolute atomic E-state index is 0.615. The molecule has 0 saturated heterocycles. The van der Waals surface area contributed by atoms with Crippen molar-refractivity contribution < 1.29 is 14.3 Å². The van der Waals surface area contributed by atoms with E-state index in [9.17, 15) is 5.11 Å². The smallest absolute Gasteiger partial charge is 0.382 e. The second-order valence-corrected chi connectivity index (χ2v) is 11.8. The molecule has 0 bridgehead atoms. The lowest BCUT2D eigenvalue weighted by atomic mass is 9.96. The SMILES string of the molecule is CC1=C2C=CC3=[N+]2C24n5c(ccc5C(c5ccc(C(O)c6ccc[nH]6)cc5)=c5ccc(n52)=C3C)C(C)=C2C=CC1=[N+]24. The number of nitrogens with one attached hydrogen (secondary N) is 1. The van der Waals surface area contributed by atoms with Crippen LogP contribution in [0.15, 0.2) is 108 Å². The molecule has 41 heavy (non-hydrogen) atoms. The zero-order chi connectivity index (χ0) is 27.4. The van der Waals surface area contributed by atoms with Crippen molar-refractivity contribution in [3.05, 3.63) is 147 Å². The van der Waals surface area contributed by atoms with Crippen LogP contribution in [0.25, 0.3) is 16.7 Å². The lowest BCUT2D eigenvalue weighted by molar-refractivity contribution is -0.837. The summed E-state index contributed by atoms with van der Waals surface area (Å²) in [5.41, 5.74) is 15.4. The number of aromatic nitrogens is 3. The van der Waals surface area contributed by atoms with E-state index in [4.69, 9.17) is 0 Å². The molecule has 6 nitrogen and oxygen atoms in total. The number of nitrogens with zero attached hydrogens (tertiary/aromatic N) is 4. The van der Waals surface area contributed by atoms with Crippen LogP contribution in [-0.4, -0.2) is 39.8 Å². The predicted octanol–water partition coefficient (Wildman–Crippen LogP) is 3.64. The molecule has 10 rings (SSSR count). The van der Waals surface area contributed by atoms with Crippen LogP contribution in [-0.2, 0) is 5.91 Å². The molecule has 3 aromatic heterocycles. The standard InChI is InChI=1S/C35H26N5O/c1-19-25-10-12-27-20(2)29-14-16-31-33(22-6-8-23(9-7-22)34(41)24-5-4-18-36-24)32-17-15-30-21(3)28-13-11-26(19)38(28)35(37(25)27,39(29)31)40(30)32/h4-18,34,41H,1-3H3/q+1/p+1. The Morgan fingerprint density at radius 1 is 0.707 bits per heavy atom. The van der Waals surface area contributed by atoms with Gasteiger partial charge in [0.15, 0.2) is 0 Å². The normalized spacial score (nSPS) is 22.9. The molecule has 2 atom stereocenters. The first-order valence-corrected chi connectivity index (χ1v) is 14.2. The van der Waals surface area contributed by atoms with Gasteiger partial charge in [-0.05, 0) is 68.3 Å². The van der Waals surface area contributed by atoms with Gasteiger partial charge < -0.3 is 10.1 Å². The van der Waals surface area contributed by atoms with Crippen LogP contribution in [0, 0.1) is 0 Å². The summed E-state index contributed by atoms with van der Waals surface area (Å²) in [7, 11) is 0. The van der Waals surface area contributed by atoms with Gasteiger partial charge >= 0.3 is 5.91 Å². The first-order chi connectivity index (χ1) is 20.0. The monoisotopic (exact) mass is 533 g/mol. The van der Waals surface area contributed by atoms with Crippen molar-refractivity contribution in [3.8, 4) is 0 Å². The number of benzene rings is 1. The van der Waals surface area contributed by atoms with Gasteiger partial charge in [-0.25, -0.2) is 0 Å². The van der Waals surface area contributed by atoms with E-state index in [2.05, 4.69) is 117 Å². The summed E-state index contributed by atoms with van der Waals surface area (Å²) in [5.74, 6) is -0.615. The average molecular weight is 534 g/mol. The first-order valence-electron chi connectivity index (χ1n) is 14.2. The third-order valence-corrected chi connectivity index (χ3v) is 9.97. The van der Waals surface area contributed by atoms with Crippen LogP contribution in [0.5, 0.6) is 0 Å². The van der Waals surface area contributed by atoms with E-state index in [1.807, 2.05) is 18.3 Å². The molecule has 0 radical (unpaired) electrons. The number of aliphatic hydroxyl groups is 1. The molecule has 0 saturated carbocycles. The molecule has 196 valence electrons. The molecule has 4 aromatic rings. The molecule has 6 aliphatic rings. The Morgan fingerprint density at radius 2 is 1.39 bits per heavy atom. The van der Waals surface area contributed by atoms with Crippen LogP contribution < -0.4 is 10.7 Å². The highest BCUT2D eigenvalue weighted by Gasteiger charge is 2.72. The number of hydrogen-bond donors (Lipinski definition) is 2. The molecule has 6 aliphatic heterocycles. The Hall–Kier alpha value is -4.94. The van der Waals surface area contributed by atoms with Crippen molar-refractivity contribution in [3.63, 3.8) is 0 Å². The van der Waals surface area contributed by atoms with E-state index in [0.717, 1.165) is 16.8 Å².